The maximum atomic E-state index is 13.1. The van der Waals surface area contributed by atoms with Gasteiger partial charge in [-0.15, -0.1) is 0 Å². The van der Waals surface area contributed by atoms with Crippen molar-refractivity contribution < 1.29 is 17.9 Å². The van der Waals surface area contributed by atoms with Gasteiger partial charge in [0.1, 0.15) is 5.75 Å². The van der Waals surface area contributed by atoms with Crippen LogP contribution in [0.25, 0.3) is 0 Å². The monoisotopic (exact) mass is 394 g/mol. The summed E-state index contributed by atoms with van der Waals surface area (Å²) in [6.07, 6.45) is 7.07. The van der Waals surface area contributed by atoms with Crippen LogP contribution in [0.4, 0.5) is 0 Å². The topological polar surface area (TPSA) is 75.7 Å². The van der Waals surface area contributed by atoms with Crippen LogP contribution in [0.3, 0.4) is 0 Å². The highest BCUT2D eigenvalue weighted by Crippen LogP contribution is 2.27. The van der Waals surface area contributed by atoms with Gasteiger partial charge in [-0.2, -0.15) is 4.31 Å². The Kier molecular flexibility index (Phi) is 6.42. The van der Waals surface area contributed by atoms with E-state index in [1.165, 1.54) is 10.7 Å². The van der Waals surface area contributed by atoms with Crippen LogP contribution < -0.4 is 10.1 Å². The minimum absolute atomic E-state index is 0.00714. The first-order chi connectivity index (χ1) is 12.9. The number of nitrogens with zero attached hydrogens (tertiary/aromatic N) is 1. The third kappa shape index (κ3) is 4.63. The predicted octanol–water partition coefficient (Wildman–Crippen LogP) is 2.85. The molecule has 3 rings (SSSR count). The Morgan fingerprint density at radius 3 is 2.56 bits per heavy atom. The lowest BCUT2D eigenvalue weighted by Crippen LogP contribution is -2.47. The summed E-state index contributed by atoms with van der Waals surface area (Å²) in [7, 11) is -2.05. The Morgan fingerprint density at radius 1 is 1.15 bits per heavy atom. The third-order valence-corrected chi connectivity index (χ3v) is 7.57. The van der Waals surface area contributed by atoms with Crippen LogP contribution in [0.2, 0.25) is 0 Å². The Balaban J connectivity index is 1.69. The molecule has 1 amide bonds. The number of amides is 1. The lowest BCUT2D eigenvalue weighted by Gasteiger charge is -2.33. The smallest absolute Gasteiger partial charge is 0.243 e. The molecule has 1 aliphatic heterocycles. The summed E-state index contributed by atoms with van der Waals surface area (Å²) in [6, 6.07) is 5.15. The largest absolute Gasteiger partial charge is 0.496 e. The van der Waals surface area contributed by atoms with Gasteiger partial charge in [-0.3, -0.25) is 4.79 Å². The third-order valence-electron chi connectivity index (χ3n) is 5.71. The standard InChI is InChI=1S/C20H30N2O4S/c1-15-13-18(10-11-19(15)26-2)27(24,25)22-12-6-7-16(14-22)20(23)21-17-8-4-3-5-9-17/h10-11,13,16-17H,3-9,12,14H2,1-2H3,(H,21,23)/t16-/m1/s1. The van der Waals surface area contributed by atoms with Gasteiger partial charge in [0, 0.05) is 19.1 Å². The Morgan fingerprint density at radius 2 is 1.89 bits per heavy atom. The van der Waals surface area contributed by atoms with E-state index in [0.717, 1.165) is 37.7 Å². The zero-order valence-corrected chi connectivity index (χ0v) is 17.1. The summed E-state index contributed by atoms with van der Waals surface area (Å²) in [4.78, 5) is 12.9. The number of hydrogen-bond donors (Lipinski definition) is 1. The number of ether oxygens (including phenoxy) is 1. The first-order valence-electron chi connectivity index (χ1n) is 9.87. The van der Waals surface area contributed by atoms with Crippen molar-refractivity contribution in [2.75, 3.05) is 20.2 Å². The number of rotatable bonds is 5. The molecule has 6 nitrogen and oxygen atoms in total. The summed E-state index contributed by atoms with van der Waals surface area (Å²) < 4.78 is 32.8. The second-order valence-electron chi connectivity index (χ2n) is 7.68. The second kappa shape index (κ2) is 8.61. The number of aryl methyl sites for hydroxylation is 1. The number of benzene rings is 1. The van der Waals surface area contributed by atoms with Crippen molar-refractivity contribution in [2.45, 2.75) is 62.8 Å². The van der Waals surface area contributed by atoms with Gasteiger partial charge in [-0.1, -0.05) is 19.3 Å². The second-order valence-corrected chi connectivity index (χ2v) is 9.62. The van der Waals surface area contributed by atoms with Crippen molar-refractivity contribution in [1.82, 2.24) is 9.62 Å². The van der Waals surface area contributed by atoms with Crippen molar-refractivity contribution >= 4 is 15.9 Å². The predicted molar refractivity (Wildman–Crippen MR) is 104 cm³/mol. The van der Waals surface area contributed by atoms with Crippen molar-refractivity contribution in [2.24, 2.45) is 5.92 Å². The minimum Gasteiger partial charge on any atom is -0.496 e. The highest BCUT2D eigenvalue weighted by molar-refractivity contribution is 7.89. The summed E-state index contributed by atoms with van der Waals surface area (Å²) in [5, 5.41) is 3.15. The molecule has 7 heteroatoms. The maximum absolute atomic E-state index is 13.1. The van der Waals surface area contributed by atoms with E-state index in [9.17, 15) is 13.2 Å². The molecule has 1 heterocycles. The Hall–Kier alpha value is -1.60. The van der Waals surface area contributed by atoms with Crippen LogP contribution in [0.1, 0.15) is 50.5 Å². The number of hydrogen-bond acceptors (Lipinski definition) is 4. The first kappa shape index (κ1) is 20.1. The van der Waals surface area contributed by atoms with Gasteiger partial charge in [0.15, 0.2) is 0 Å². The molecule has 27 heavy (non-hydrogen) atoms. The summed E-state index contributed by atoms with van der Waals surface area (Å²) in [5.41, 5.74) is 0.780. The lowest BCUT2D eigenvalue weighted by molar-refractivity contribution is -0.127. The quantitative estimate of drug-likeness (QED) is 0.833. The average Bonchev–Trinajstić information content (AvgIpc) is 2.68. The zero-order chi connectivity index (χ0) is 19.4. The van der Waals surface area contributed by atoms with Gasteiger partial charge in [-0.05, 0) is 56.4 Å². The molecular formula is C20H30N2O4S. The van der Waals surface area contributed by atoms with Gasteiger partial charge in [0.05, 0.1) is 17.9 Å². The van der Waals surface area contributed by atoms with E-state index >= 15 is 0 Å². The van der Waals surface area contributed by atoms with Crippen LogP contribution >= 0.6 is 0 Å². The molecular weight excluding hydrogens is 364 g/mol. The molecule has 2 fully saturated rings. The number of sulfonamides is 1. The molecule has 1 saturated carbocycles. The number of carbonyl (C=O) groups is 1. The number of carbonyl (C=O) groups excluding carboxylic acids is 1. The molecule has 1 saturated heterocycles. The molecule has 0 aromatic heterocycles. The Bertz CT molecular complexity index is 772. The average molecular weight is 395 g/mol. The highest BCUT2D eigenvalue weighted by Gasteiger charge is 2.34. The van der Waals surface area contributed by atoms with Crippen LogP contribution in [-0.2, 0) is 14.8 Å². The van der Waals surface area contributed by atoms with E-state index in [-0.39, 0.29) is 29.3 Å². The van der Waals surface area contributed by atoms with Gasteiger partial charge in [0.2, 0.25) is 15.9 Å². The van der Waals surface area contributed by atoms with E-state index in [1.54, 1.807) is 25.3 Å². The fourth-order valence-corrected chi connectivity index (χ4v) is 5.71. The van der Waals surface area contributed by atoms with Gasteiger partial charge < -0.3 is 10.1 Å². The molecule has 0 bridgehead atoms. The number of methoxy groups -OCH3 is 1. The SMILES string of the molecule is COc1ccc(S(=O)(=O)N2CCC[C@@H](C(=O)NC3CCCCC3)C2)cc1C. The molecule has 0 spiro atoms. The molecule has 0 unspecified atom stereocenters. The molecule has 1 aromatic rings. The van der Waals surface area contributed by atoms with Crippen molar-refractivity contribution in [3.63, 3.8) is 0 Å². The van der Waals surface area contributed by atoms with Crippen LogP contribution in [0.5, 0.6) is 5.75 Å². The van der Waals surface area contributed by atoms with E-state index in [0.29, 0.717) is 18.7 Å². The number of nitrogens with one attached hydrogen (secondary N) is 1. The highest BCUT2D eigenvalue weighted by atomic mass is 32.2. The van der Waals surface area contributed by atoms with Crippen LogP contribution in [-0.4, -0.2) is 44.9 Å². The summed E-state index contributed by atoms with van der Waals surface area (Å²) in [5.74, 6) is 0.403. The molecule has 1 N–H and O–H groups in total. The van der Waals surface area contributed by atoms with E-state index in [2.05, 4.69) is 5.32 Å². The molecule has 1 aromatic carbocycles. The zero-order valence-electron chi connectivity index (χ0n) is 16.2. The summed E-state index contributed by atoms with van der Waals surface area (Å²) >= 11 is 0. The van der Waals surface area contributed by atoms with Crippen molar-refractivity contribution in [3.8, 4) is 5.75 Å². The Labute approximate surface area is 162 Å². The molecule has 0 radical (unpaired) electrons. The van der Waals surface area contributed by atoms with Crippen LogP contribution in [0.15, 0.2) is 23.1 Å². The maximum Gasteiger partial charge on any atom is 0.243 e. The van der Waals surface area contributed by atoms with Gasteiger partial charge in [0.25, 0.3) is 0 Å². The molecule has 2 aliphatic rings. The van der Waals surface area contributed by atoms with Gasteiger partial charge >= 0.3 is 0 Å². The van der Waals surface area contributed by atoms with Crippen molar-refractivity contribution in [1.29, 1.82) is 0 Å². The number of piperidine rings is 1. The van der Waals surface area contributed by atoms with E-state index in [1.807, 2.05) is 6.92 Å². The summed E-state index contributed by atoms with van der Waals surface area (Å²) in [6.45, 7) is 2.54. The van der Waals surface area contributed by atoms with E-state index < -0.39 is 10.0 Å². The minimum atomic E-state index is -3.61. The van der Waals surface area contributed by atoms with Crippen LogP contribution in [0, 0.1) is 12.8 Å². The fraction of sp³-hybridized carbons (Fsp3) is 0.650. The van der Waals surface area contributed by atoms with E-state index in [4.69, 9.17) is 4.74 Å². The normalized spacial score (nSPS) is 22.4. The fourth-order valence-electron chi connectivity index (χ4n) is 4.10. The molecule has 1 atom stereocenters. The molecule has 1 aliphatic carbocycles. The molecule has 150 valence electrons. The van der Waals surface area contributed by atoms with Gasteiger partial charge in [-0.25, -0.2) is 8.42 Å². The first-order valence-corrected chi connectivity index (χ1v) is 11.3. The lowest BCUT2D eigenvalue weighted by atomic mass is 9.93. The van der Waals surface area contributed by atoms with Crippen molar-refractivity contribution in [3.05, 3.63) is 23.8 Å².